The average Bonchev–Trinajstić information content (AvgIpc) is 3.55. The average molecular weight is 650 g/mol. The molecule has 0 aromatic carbocycles. The lowest BCUT2D eigenvalue weighted by Gasteiger charge is -2.62. The van der Waals surface area contributed by atoms with Gasteiger partial charge in [-0.15, -0.1) is 6.58 Å². The van der Waals surface area contributed by atoms with E-state index in [-0.39, 0.29) is 40.6 Å². The molecular formula is C35H57BrN2O4. The van der Waals surface area contributed by atoms with Gasteiger partial charge in [-0.1, -0.05) is 26.5 Å². The van der Waals surface area contributed by atoms with Crippen LogP contribution in [-0.4, -0.2) is 92.2 Å². The van der Waals surface area contributed by atoms with Crippen molar-refractivity contribution in [2.75, 3.05) is 52.5 Å². The van der Waals surface area contributed by atoms with Crippen LogP contribution in [0.5, 0.6) is 0 Å². The number of hydrogen-bond donors (Lipinski definition) is 0. The first-order valence-corrected chi connectivity index (χ1v) is 16.9. The second-order valence-electron chi connectivity index (χ2n) is 15.2. The third-order valence-electron chi connectivity index (χ3n) is 13.5. The molecule has 0 N–H and O–H groups in total. The molecule has 0 spiro atoms. The van der Waals surface area contributed by atoms with E-state index < -0.39 is 0 Å². The summed E-state index contributed by atoms with van der Waals surface area (Å²) in [4.78, 5) is 15.3. The minimum Gasteiger partial charge on any atom is -1.00 e. The van der Waals surface area contributed by atoms with E-state index in [1.165, 1.54) is 70.9 Å². The summed E-state index contributed by atoms with van der Waals surface area (Å²) in [5.41, 5.74) is 0.404. The molecule has 2 aliphatic heterocycles. The Kier molecular flexibility index (Phi) is 10.1. The fourth-order valence-electron chi connectivity index (χ4n) is 11.6. The fraction of sp³-hybridized carbons (Fsp3) is 0.857. The topological polar surface area (TPSA) is 48.0 Å². The molecule has 6 nitrogen and oxygen atoms in total. The summed E-state index contributed by atoms with van der Waals surface area (Å²) < 4.78 is 19.8. The number of rotatable bonds is 8. The van der Waals surface area contributed by atoms with Gasteiger partial charge in [0.2, 0.25) is 0 Å². The van der Waals surface area contributed by atoms with Gasteiger partial charge in [-0.2, -0.15) is 0 Å². The van der Waals surface area contributed by atoms with Crippen molar-refractivity contribution in [1.29, 1.82) is 0 Å². The van der Waals surface area contributed by atoms with Gasteiger partial charge < -0.3 is 35.7 Å². The van der Waals surface area contributed by atoms with E-state index in [1.54, 1.807) is 6.92 Å². The van der Waals surface area contributed by atoms with Crippen LogP contribution in [0.3, 0.4) is 0 Å². The van der Waals surface area contributed by atoms with Crippen molar-refractivity contribution in [3.05, 3.63) is 25.3 Å². The summed E-state index contributed by atoms with van der Waals surface area (Å²) in [5.74, 6) is 2.72. The van der Waals surface area contributed by atoms with Crippen molar-refractivity contribution in [1.82, 2.24) is 4.90 Å². The number of quaternary nitrogens is 1. The minimum absolute atomic E-state index is 0. The molecule has 2 saturated heterocycles. The van der Waals surface area contributed by atoms with E-state index >= 15 is 0 Å². The largest absolute Gasteiger partial charge is 1.00 e. The zero-order valence-corrected chi connectivity index (χ0v) is 28.2. The maximum absolute atomic E-state index is 12.6. The fourth-order valence-corrected chi connectivity index (χ4v) is 11.6. The first-order valence-electron chi connectivity index (χ1n) is 16.9. The van der Waals surface area contributed by atoms with Crippen LogP contribution < -0.4 is 17.0 Å². The van der Waals surface area contributed by atoms with Crippen LogP contribution in [0, 0.1) is 34.5 Å². The minimum atomic E-state index is -0.0955. The maximum Gasteiger partial charge on any atom is 0.303 e. The summed E-state index contributed by atoms with van der Waals surface area (Å²) in [6.45, 7) is 22.7. The molecule has 4 aliphatic carbocycles. The highest BCUT2D eigenvalue weighted by Gasteiger charge is 2.67. The van der Waals surface area contributed by atoms with E-state index in [2.05, 4.69) is 38.0 Å². The second kappa shape index (κ2) is 12.9. The van der Waals surface area contributed by atoms with E-state index in [0.29, 0.717) is 30.0 Å². The van der Waals surface area contributed by atoms with E-state index in [0.717, 1.165) is 55.1 Å². The van der Waals surface area contributed by atoms with Crippen LogP contribution in [0.15, 0.2) is 25.3 Å². The van der Waals surface area contributed by atoms with Crippen LogP contribution in [0.4, 0.5) is 0 Å². The molecule has 7 heteroatoms. The Labute approximate surface area is 265 Å². The van der Waals surface area contributed by atoms with Gasteiger partial charge in [-0.3, -0.25) is 9.69 Å². The number of carbonyl (C=O) groups excluding carboxylic acids is 1. The molecule has 6 fully saturated rings. The van der Waals surface area contributed by atoms with Gasteiger partial charge in [0, 0.05) is 50.7 Å². The molecule has 238 valence electrons. The Morgan fingerprint density at radius 1 is 1.02 bits per heavy atom. The zero-order valence-electron chi connectivity index (χ0n) is 26.6. The molecule has 0 radical (unpaired) electrons. The van der Waals surface area contributed by atoms with Gasteiger partial charge >= 0.3 is 5.97 Å². The number of ether oxygens (including phenoxy) is 3. The molecule has 0 amide bonds. The van der Waals surface area contributed by atoms with Gasteiger partial charge in [-0.05, 0) is 73.7 Å². The lowest BCUT2D eigenvalue weighted by Crippen LogP contribution is -3.00. The molecule has 6 aliphatic rings. The Morgan fingerprint density at radius 3 is 2.43 bits per heavy atom. The first kappa shape index (κ1) is 32.7. The Morgan fingerprint density at radius 2 is 1.76 bits per heavy atom. The van der Waals surface area contributed by atoms with Crippen molar-refractivity contribution in [3.63, 3.8) is 0 Å². The van der Waals surface area contributed by atoms with E-state index in [1.807, 2.05) is 6.08 Å². The molecule has 10 atom stereocenters. The van der Waals surface area contributed by atoms with Crippen molar-refractivity contribution < 1.29 is 40.5 Å². The van der Waals surface area contributed by atoms with Crippen LogP contribution >= 0.6 is 0 Å². The number of carbonyl (C=O) groups is 1. The summed E-state index contributed by atoms with van der Waals surface area (Å²) in [6, 6.07) is 0.867. The molecule has 42 heavy (non-hydrogen) atoms. The van der Waals surface area contributed by atoms with Gasteiger partial charge in [-0.25, -0.2) is 0 Å². The number of hydrogen-bond acceptors (Lipinski definition) is 5. The van der Waals surface area contributed by atoms with Crippen molar-refractivity contribution >= 4 is 5.97 Å². The summed E-state index contributed by atoms with van der Waals surface area (Å²) in [5, 5.41) is 0. The first-order chi connectivity index (χ1) is 19.8. The standard InChI is InChI=1S/C35H57N2O4.BrH/c1-6-16-37(17-8-9-18-37)31-23-29-27-11-10-26-22-32(40-19-7-2)30(36-14-20-39-21-15-36)24-35(26,5)28(27)12-13-34(29,4)33(31)41-25(3)38;/h6-7,26-33H,1-2,8-24H2,3-5H3;1H/q+1;/p-1/t26-,27+,28-,29-,30-,31-,32-,33-,34-,35-;/m0./s1. The quantitative estimate of drug-likeness (QED) is 0.230. The van der Waals surface area contributed by atoms with Gasteiger partial charge in [0.1, 0.15) is 6.04 Å². The van der Waals surface area contributed by atoms with Crippen LogP contribution in [0.2, 0.25) is 0 Å². The molecule has 0 aromatic heterocycles. The van der Waals surface area contributed by atoms with Crippen LogP contribution in [0.25, 0.3) is 0 Å². The number of nitrogens with zero attached hydrogens (tertiary/aromatic N) is 2. The third kappa shape index (κ3) is 5.50. The van der Waals surface area contributed by atoms with Crippen LogP contribution in [-0.2, 0) is 19.0 Å². The monoisotopic (exact) mass is 648 g/mol. The lowest BCUT2D eigenvalue weighted by atomic mass is 9.44. The molecule has 0 unspecified atom stereocenters. The van der Waals surface area contributed by atoms with Crippen LogP contribution in [0.1, 0.15) is 78.6 Å². The molecule has 4 saturated carbocycles. The van der Waals surface area contributed by atoms with Crippen molar-refractivity contribution in [2.24, 2.45) is 34.5 Å². The lowest BCUT2D eigenvalue weighted by molar-refractivity contribution is -0.937. The smallest absolute Gasteiger partial charge is 0.303 e. The van der Waals surface area contributed by atoms with Gasteiger partial charge in [0.05, 0.1) is 45.6 Å². The molecule has 0 bridgehead atoms. The van der Waals surface area contributed by atoms with Crippen molar-refractivity contribution in [3.8, 4) is 0 Å². The van der Waals surface area contributed by atoms with Crippen molar-refractivity contribution in [2.45, 2.75) is 103 Å². The SMILES string of the molecule is C=CCO[C@H]1C[C@@H]2CC[C@@H]3[C@H](CC[C@@]4(C)[C@H]3C[C@H]([N+]3(CC=C)CCCC3)[C@@H]4OC(C)=O)[C@@]2(C)C[C@@H]1N1CCOCC1.[Br-]. The molecule has 6 rings (SSSR count). The Bertz CT molecular complexity index is 980. The number of morpholine rings is 1. The highest BCUT2D eigenvalue weighted by molar-refractivity contribution is 5.66. The predicted octanol–water partition coefficient (Wildman–Crippen LogP) is 2.62. The molecule has 0 aromatic rings. The van der Waals surface area contributed by atoms with E-state index in [4.69, 9.17) is 14.2 Å². The third-order valence-corrected chi connectivity index (χ3v) is 13.5. The molecule has 2 heterocycles. The highest BCUT2D eigenvalue weighted by atomic mass is 79.9. The maximum atomic E-state index is 12.6. The molecular weight excluding hydrogens is 592 g/mol. The number of likely N-dealkylation sites (tertiary alicyclic amines) is 1. The summed E-state index contributed by atoms with van der Waals surface area (Å²) >= 11 is 0. The predicted molar refractivity (Wildman–Crippen MR) is 162 cm³/mol. The number of fused-ring (bicyclic) bond motifs is 5. The van der Waals surface area contributed by atoms with Gasteiger partial charge in [0.15, 0.2) is 6.10 Å². The number of esters is 1. The van der Waals surface area contributed by atoms with Gasteiger partial charge in [0.25, 0.3) is 0 Å². The number of halogens is 1. The normalized spacial score (nSPS) is 44.6. The Hall–Kier alpha value is -0.730. The second-order valence-corrected chi connectivity index (χ2v) is 15.2. The Balaban J connectivity index is 0.00000353. The highest BCUT2D eigenvalue weighted by Crippen LogP contribution is 2.67. The zero-order chi connectivity index (χ0) is 28.8. The van der Waals surface area contributed by atoms with E-state index in [9.17, 15) is 4.79 Å². The summed E-state index contributed by atoms with van der Waals surface area (Å²) in [7, 11) is 0. The summed E-state index contributed by atoms with van der Waals surface area (Å²) in [6.07, 6.45) is 15.6.